The second kappa shape index (κ2) is 6.46. The Morgan fingerprint density at radius 3 is 3.00 bits per heavy atom. The van der Waals surface area contributed by atoms with Crippen LogP contribution in [0.4, 0.5) is 0 Å². The summed E-state index contributed by atoms with van der Waals surface area (Å²) in [5.74, 6) is 0.933. The number of hydrogen-bond acceptors (Lipinski definition) is 2. The molecule has 0 bridgehead atoms. The summed E-state index contributed by atoms with van der Waals surface area (Å²) in [4.78, 5) is 1.32. The summed E-state index contributed by atoms with van der Waals surface area (Å²) in [6.07, 6.45) is 6.85. The van der Waals surface area contributed by atoms with Crippen molar-refractivity contribution >= 4 is 11.8 Å². The van der Waals surface area contributed by atoms with Gasteiger partial charge in [-0.15, -0.1) is 11.8 Å². The summed E-state index contributed by atoms with van der Waals surface area (Å²) in [7, 11) is 0. The molecule has 0 spiro atoms. The predicted molar refractivity (Wildman–Crippen MR) is 74.3 cm³/mol. The highest BCUT2D eigenvalue weighted by molar-refractivity contribution is 8.00. The van der Waals surface area contributed by atoms with Gasteiger partial charge in [0.05, 0.1) is 6.61 Å². The molecule has 0 amide bonds. The molecule has 0 heterocycles. The number of hydrogen-bond donors (Lipinski definition) is 1. The molecule has 2 atom stereocenters. The summed E-state index contributed by atoms with van der Waals surface area (Å²) in [6.45, 7) is 2.46. The first-order valence-electron chi connectivity index (χ1n) is 6.68. The van der Waals surface area contributed by atoms with Gasteiger partial charge in [-0.2, -0.15) is 0 Å². The molecule has 0 saturated heterocycles. The van der Waals surface area contributed by atoms with Gasteiger partial charge in [-0.25, -0.2) is 0 Å². The lowest BCUT2D eigenvalue weighted by molar-refractivity contribution is 0.281. The molecule has 1 aliphatic carbocycles. The van der Waals surface area contributed by atoms with Gasteiger partial charge >= 0.3 is 0 Å². The summed E-state index contributed by atoms with van der Waals surface area (Å²) in [5.41, 5.74) is 1.03. The molecule has 2 unspecified atom stereocenters. The SMILES string of the molecule is CCC1CCCC(Sc2cccc(CO)c2)C1. The van der Waals surface area contributed by atoms with Crippen molar-refractivity contribution in [2.75, 3.05) is 0 Å². The van der Waals surface area contributed by atoms with Gasteiger partial charge in [0.2, 0.25) is 0 Å². The number of benzene rings is 1. The van der Waals surface area contributed by atoms with E-state index in [-0.39, 0.29) is 6.61 Å². The maximum absolute atomic E-state index is 9.14. The largest absolute Gasteiger partial charge is 0.392 e. The third kappa shape index (κ3) is 3.75. The van der Waals surface area contributed by atoms with Gasteiger partial charge in [0, 0.05) is 10.1 Å². The average molecular weight is 250 g/mol. The summed E-state index contributed by atoms with van der Waals surface area (Å²) >= 11 is 2.00. The molecule has 1 N–H and O–H groups in total. The van der Waals surface area contributed by atoms with E-state index in [9.17, 15) is 0 Å². The zero-order valence-electron chi connectivity index (χ0n) is 10.6. The molecule has 1 saturated carbocycles. The van der Waals surface area contributed by atoms with Crippen LogP contribution >= 0.6 is 11.8 Å². The first kappa shape index (κ1) is 13.0. The molecular weight excluding hydrogens is 228 g/mol. The Bertz CT molecular complexity index is 351. The monoisotopic (exact) mass is 250 g/mol. The third-order valence-electron chi connectivity index (χ3n) is 3.70. The third-order valence-corrected chi connectivity index (χ3v) is 4.98. The number of thioether (sulfide) groups is 1. The molecule has 2 rings (SSSR count). The van der Waals surface area contributed by atoms with Crippen LogP contribution in [0.3, 0.4) is 0 Å². The molecule has 0 aliphatic heterocycles. The molecule has 1 nitrogen and oxygen atoms in total. The molecule has 1 aromatic rings. The fraction of sp³-hybridized carbons (Fsp3) is 0.600. The number of aliphatic hydroxyl groups is 1. The standard InChI is InChI=1S/C15H22OS/c1-2-12-5-3-7-14(9-12)17-15-8-4-6-13(10-15)11-16/h4,6,8,10,12,14,16H,2-3,5,7,9,11H2,1H3. The van der Waals surface area contributed by atoms with Gasteiger partial charge in [0.25, 0.3) is 0 Å². The first-order chi connectivity index (χ1) is 8.31. The van der Waals surface area contributed by atoms with E-state index < -0.39 is 0 Å². The van der Waals surface area contributed by atoms with Gasteiger partial charge in [-0.05, 0) is 36.5 Å². The molecule has 2 heteroatoms. The molecule has 0 radical (unpaired) electrons. The Kier molecular flexibility index (Phi) is 4.93. The van der Waals surface area contributed by atoms with Crippen LogP contribution in [0.15, 0.2) is 29.2 Å². The van der Waals surface area contributed by atoms with E-state index in [1.807, 2.05) is 23.9 Å². The van der Waals surface area contributed by atoms with Crippen molar-refractivity contribution in [3.63, 3.8) is 0 Å². The normalized spacial score (nSPS) is 24.8. The molecule has 94 valence electrons. The smallest absolute Gasteiger partial charge is 0.0682 e. The predicted octanol–water partition coefficient (Wildman–Crippen LogP) is 4.24. The summed E-state index contributed by atoms with van der Waals surface area (Å²) in [6, 6.07) is 8.33. The van der Waals surface area contributed by atoms with Crippen molar-refractivity contribution in [1.82, 2.24) is 0 Å². The maximum Gasteiger partial charge on any atom is 0.0682 e. The lowest BCUT2D eigenvalue weighted by Crippen LogP contribution is -2.16. The topological polar surface area (TPSA) is 20.2 Å². The van der Waals surface area contributed by atoms with Crippen LogP contribution in [0.2, 0.25) is 0 Å². The van der Waals surface area contributed by atoms with E-state index in [4.69, 9.17) is 5.11 Å². The van der Waals surface area contributed by atoms with Crippen molar-refractivity contribution in [3.8, 4) is 0 Å². The second-order valence-electron chi connectivity index (χ2n) is 4.99. The van der Waals surface area contributed by atoms with Gasteiger partial charge in [0.1, 0.15) is 0 Å². The lowest BCUT2D eigenvalue weighted by Gasteiger charge is -2.28. The highest BCUT2D eigenvalue weighted by atomic mass is 32.2. The quantitative estimate of drug-likeness (QED) is 0.862. The molecule has 0 aromatic heterocycles. The minimum Gasteiger partial charge on any atom is -0.392 e. The van der Waals surface area contributed by atoms with Crippen LogP contribution in [-0.4, -0.2) is 10.4 Å². The Labute approximate surface area is 109 Å². The molecule has 1 aromatic carbocycles. The molecular formula is C15H22OS. The van der Waals surface area contributed by atoms with E-state index in [1.54, 1.807) is 0 Å². The van der Waals surface area contributed by atoms with Crippen molar-refractivity contribution in [2.24, 2.45) is 5.92 Å². The van der Waals surface area contributed by atoms with Crippen LogP contribution in [0.1, 0.15) is 44.6 Å². The van der Waals surface area contributed by atoms with E-state index >= 15 is 0 Å². The first-order valence-corrected chi connectivity index (χ1v) is 7.56. The van der Waals surface area contributed by atoms with E-state index in [2.05, 4.69) is 19.1 Å². The van der Waals surface area contributed by atoms with Crippen molar-refractivity contribution < 1.29 is 5.11 Å². The van der Waals surface area contributed by atoms with E-state index in [0.717, 1.165) is 16.7 Å². The van der Waals surface area contributed by atoms with E-state index in [0.29, 0.717) is 0 Å². The van der Waals surface area contributed by atoms with Gasteiger partial charge in [0.15, 0.2) is 0 Å². The highest BCUT2D eigenvalue weighted by Crippen LogP contribution is 2.37. The Morgan fingerprint density at radius 1 is 1.35 bits per heavy atom. The maximum atomic E-state index is 9.14. The minimum absolute atomic E-state index is 0.149. The van der Waals surface area contributed by atoms with Crippen molar-refractivity contribution in [3.05, 3.63) is 29.8 Å². The van der Waals surface area contributed by atoms with Crippen LogP contribution in [0.5, 0.6) is 0 Å². The highest BCUT2D eigenvalue weighted by Gasteiger charge is 2.21. The molecule has 17 heavy (non-hydrogen) atoms. The summed E-state index contributed by atoms with van der Waals surface area (Å²) < 4.78 is 0. The Balaban J connectivity index is 1.95. The fourth-order valence-electron chi connectivity index (χ4n) is 2.63. The average Bonchev–Trinajstić information content (AvgIpc) is 2.39. The van der Waals surface area contributed by atoms with Crippen molar-refractivity contribution in [2.45, 2.75) is 55.8 Å². The Hall–Kier alpha value is -0.470. The van der Waals surface area contributed by atoms with Gasteiger partial charge in [-0.1, -0.05) is 38.3 Å². The molecule has 1 fully saturated rings. The minimum atomic E-state index is 0.149. The van der Waals surface area contributed by atoms with E-state index in [1.165, 1.54) is 37.0 Å². The van der Waals surface area contributed by atoms with Gasteiger partial charge in [-0.3, -0.25) is 0 Å². The lowest BCUT2D eigenvalue weighted by atomic mass is 9.87. The second-order valence-corrected chi connectivity index (χ2v) is 6.36. The van der Waals surface area contributed by atoms with Crippen LogP contribution in [0.25, 0.3) is 0 Å². The zero-order valence-corrected chi connectivity index (χ0v) is 11.4. The fourth-order valence-corrected chi connectivity index (χ4v) is 4.04. The summed E-state index contributed by atoms with van der Waals surface area (Å²) in [5, 5.41) is 9.92. The van der Waals surface area contributed by atoms with Crippen molar-refractivity contribution in [1.29, 1.82) is 0 Å². The van der Waals surface area contributed by atoms with Crippen LogP contribution in [-0.2, 0) is 6.61 Å². The number of rotatable bonds is 4. The van der Waals surface area contributed by atoms with Crippen LogP contribution in [0, 0.1) is 5.92 Å². The zero-order chi connectivity index (χ0) is 12.1. The van der Waals surface area contributed by atoms with Crippen LogP contribution < -0.4 is 0 Å². The van der Waals surface area contributed by atoms with Gasteiger partial charge < -0.3 is 5.11 Å². The molecule has 1 aliphatic rings. The number of aliphatic hydroxyl groups excluding tert-OH is 1. The Morgan fingerprint density at radius 2 is 2.24 bits per heavy atom.